The lowest BCUT2D eigenvalue weighted by Crippen LogP contribution is -1.85. The molecule has 0 saturated heterocycles. The molecule has 0 aliphatic heterocycles. The van der Waals surface area contributed by atoms with Gasteiger partial charge in [0.25, 0.3) is 0 Å². The molecule has 0 atom stereocenters. The predicted molar refractivity (Wildman–Crippen MR) is 46.0 cm³/mol. The molecule has 0 amide bonds. The summed E-state index contributed by atoms with van der Waals surface area (Å²) in [7, 11) is 0. The number of aliphatic hydroxyl groups excluding tert-OH is 2. The SMILES string of the molecule is C=C.CCCC.OCCO. The number of rotatable bonds is 2. The van der Waals surface area contributed by atoms with Gasteiger partial charge < -0.3 is 10.2 Å². The van der Waals surface area contributed by atoms with Gasteiger partial charge in [-0.05, 0) is 0 Å². The van der Waals surface area contributed by atoms with Crippen molar-refractivity contribution >= 4 is 0 Å². The van der Waals surface area contributed by atoms with E-state index >= 15 is 0 Å². The molecule has 0 rings (SSSR count). The van der Waals surface area contributed by atoms with E-state index in [0.717, 1.165) is 0 Å². The van der Waals surface area contributed by atoms with E-state index < -0.39 is 0 Å². The molecule has 0 aliphatic rings. The highest BCUT2D eigenvalue weighted by Gasteiger charge is 1.58. The van der Waals surface area contributed by atoms with Crippen LogP contribution in [-0.2, 0) is 0 Å². The van der Waals surface area contributed by atoms with Crippen molar-refractivity contribution in [3.05, 3.63) is 13.2 Å². The first kappa shape index (κ1) is 16.3. The van der Waals surface area contributed by atoms with Gasteiger partial charge in [0.2, 0.25) is 0 Å². The van der Waals surface area contributed by atoms with Crippen LogP contribution in [0.4, 0.5) is 0 Å². The summed E-state index contributed by atoms with van der Waals surface area (Å²) in [5, 5.41) is 15.2. The van der Waals surface area contributed by atoms with Crippen molar-refractivity contribution < 1.29 is 10.2 Å². The lowest BCUT2D eigenvalue weighted by Gasteiger charge is -1.70. The molecular weight excluding hydrogens is 128 g/mol. The Morgan fingerprint density at radius 2 is 1.10 bits per heavy atom. The van der Waals surface area contributed by atoms with Crippen LogP contribution in [0.5, 0.6) is 0 Å². The zero-order valence-electron chi connectivity index (χ0n) is 7.14. The maximum absolute atomic E-state index is 7.62. The molecule has 0 aromatic heterocycles. The van der Waals surface area contributed by atoms with Crippen molar-refractivity contribution in [2.24, 2.45) is 0 Å². The van der Waals surface area contributed by atoms with Crippen LogP contribution in [0.1, 0.15) is 26.7 Å². The fourth-order valence-corrected chi connectivity index (χ4v) is 0. The van der Waals surface area contributed by atoms with Crippen LogP contribution in [0.2, 0.25) is 0 Å². The second-order valence-electron chi connectivity index (χ2n) is 1.45. The van der Waals surface area contributed by atoms with E-state index in [1.54, 1.807) is 0 Å². The Bertz CT molecular complexity index is 22.4. The third kappa shape index (κ3) is 123. The van der Waals surface area contributed by atoms with Gasteiger partial charge in [-0.1, -0.05) is 26.7 Å². The summed E-state index contributed by atoms with van der Waals surface area (Å²) in [5.41, 5.74) is 0. The molecule has 0 radical (unpaired) electrons. The molecule has 2 N–H and O–H groups in total. The molecule has 0 aromatic carbocycles. The van der Waals surface area contributed by atoms with E-state index in [2.05, 4.69) is 27.0 Å². The predicted octanol–water partition coefficient (Wildman–Crippen LogP) is 1.58. The number of unbranched alkanes of at least 4 members (excludes halogenated alkanes) is 1. The first-order valence-corrected chi connectivity index (χ1v) is 3.55. The van der Waals surface area contributed by atoms with Gasteiger partial charge in [0.15, 0.2) is 0 Å². The number of hydrogen-bond acceptors (Lipinski definition) is 2. The fraction of sp³-hybridized carbons (Fsp3) is 0.750. The van der Waals surface area contributed by atoms with Gasteiger partial charge in [-0.25, -0.2) is 0 Å². The summed E-state index contributed by atoms with van der Waals surface area (Å²) in [6, 6.07) is 0. The minimum Gasteiger partial charge on any atom is -0.394 e. The molecule has 0 aromatic rings. The second-order valence-corrected chi connectivity index (χ2v) is 1.45. The molecule has 64 valence electrons. The first-order chi connectivity index (χ1) is 4.83. The Morgan fingerprint density at radius 3 is 1.10 bits per heavy atom. The molecule has 0 unspecified atom stereocenters. The van der Waals surface area contributed by atoms with Gasteiger partial charge in [-0.15, -0.1) is 13.2 Å². The van der Waals surface area contributed by atoms with Crippen molar-refractivity contribution in [1.82, 2.24) is 0 Å². The van der Waals surface area contributed by atoms with Crippen LogP contribution in [0.15, 0.2) is 13.2 Å². The van der Waals surface area contributed by atoms with Gasteiger partial charge in [0.1, 0.15) is 0 Å². The number of aliphatic hydroxyl groups is 2. The minimum atomic E-state index is -0.125. The first-order valence-electron chi connectivity index (χ1n) is 3.55. The average Bonchev–Trinajstić information content (AvgIpc) is 2.08. The van der Waals surface area contributed by atoms with Crippen LogP contribution in [0.3, 0.4) is 0 Å². The Balaban J connectivity index is -0.0000000787. The van der Waals surface area contributed by atoms with Crippen LogP contribution < -0.4 is 0 Å². The molecule has 0 heterocycles. The fourth-order valence-electron chi connectivity index (χ4n) is 0. The normalized spacial score (nSPS) is 6.40. The maximum atomic E-state index is 7.62. The Kier molecular flexibility index (Phi) is 62.0. The van der Waals surface area contributed by atoms with E-state index in [1.807, 2.05) is 0 Å². The summed E-state index contributed by atoms with van der Waals surface area (Å²) in [4.78, 5) is 0. The summed E-state index contributed by atoms with van der Waals surface area (Å²) in [6.07, 6.45) is 2.64. The van der Waals surface area contributed by atoms with Crippen molar-refractivity contribution in [3.8, 4) is 0 Å². The van der Waals surface area contributed by atoms with Crippen molar-refractivity contribution in [2.75, 3.05) is 13.2 Å². The van der Waals surface area contributed by atoms with E-state index in [4.69, 9.17) is 10.2 Å². The highest BCUT2D eigenvalue weighted by atomic mass is 16.3. The van der Waals surface area contributed by atoms with Crippen molar-refractivity contribution in [3.63, 3.8) is 0 Å². The lowest BCUT2D eigenvalue weighted by atomic mass is 10.4. The Morgan fingerprint density at radius 1 is 0.900 bits per heavy atom. The molecule has 0 bridgehead atoms. The van der Waals surface area contributed by atoms with Gasteiger partial charge in [-0.2, -0.15) is 0 Å². The lowest BCUT2D eigenvalue weighted by molar-refractivity contribution is 0.186. The third-order valence-corrected chi connectivity index (χ3v) is 0.600. The standard InChI is InChI=1S/C4H10.C2H6O2.C2H4/c1-3-4-2;3-1-2-4;1-2/h3-4H2,1-2H3;3-4H,1-2H2;1-2H2. The van der Waals surface area contributed by atoms with Gasteiger partial charge >= 0.3 is 0 Å². The molecular formula is C8H20O2. The molecule has 0 aliphatic carbocycles. The van der Waals surface area contributed by atoms with E-state index in [-0.39, 0.29) is 13.2 Å². The summed E-state index contributed by atoms with van der Waals surface area (Å²) >= 11 is 0. The number of hydrogen-bond donors (Lipinski definition) is 2. The molecule has 2 nitrogen and oxygen atoms in total. The van der Waals surface area contributed by atoms with E-state index in [9.17, 15) is 0 Å². The van der Waals surface area contributed by atoms with Crippen LogP contribution in [0, 0.1) is 0 Å². The highest BCUT2D eigenvalue weighted by Crippen LogP contribution is 1.76. The molecule has 2 heteroatoms. The van der Waals surface area contributed by atoms with Crippen molar-refractivity contribution in [1.29, 1.82) is 0 Å². The Labute approximate surface area is 64.2 Å². The van der Waals surface area contributed by atoms with Gasteiger partial charge in [0.05, 0.1) is 13.2 Å². The Hall–Kier alpha value is -0.340. The summed E-state index contributed by atoms with van der Waals surface area (Å²) < 4.78 is 0. The van der Waals surface area contributed by atoms with Crippen LogP contribution in [0.25, 0.3) is 0 Å². The molecule has 0 fully saturated rings. The molecule has 0 saturated carbocycles. The van der Waals surface area contributed by atoms with Crippen molar-refractivity contribution in [2.45, 2.75) is 26.7 Å². The summed E-state index contributed by atoms with van der Waals surface area (Å²) in [6.45, 7) is 10.1. The van der Waals surface area contributed by atoms with Gasteiger partial charge in [-0.3, -0.25) is 0 Å². The van der Waals surface area contributed by atoms with E-state index in [1.165, 1.54) is 12.8 Å². The second kappa shape index (κ2) is 37.9. The smallest absolute Gasteiger partial charge is 0.0662 e. The quantitative estimate of drug-likeness (QED) is 0.584. The third-order valence-electron chi connectivity index (χ3n) is 0.600. The van der Waals surface area contributed by atoms with Crippen LogP contribution >= 0.6 is 0 Å². The molecule has 10 heavy (non-hydrogen) atoms. The zero-order chi connectivity index (χ0) is 8.83. The minimum absolute atomic E-state index is 0.125. The average molecular weight is 148 g/mol. The zero-order valence-corrected chi connectivity index (χ0v) is 7.14. The maximum Gasteiger partial charge on any atom is 0.0662 e. The topological polar surface area (TPSA) is 40.5 Å². The highest BCUT2D eigenvalue weighted by molar-refractivity contribution is 4.22. The van der Waals surface area contributed by atoms with Gasteiger partial charge in [0, 0.05) is 0 Å². The summed E-state index contributed by atoms with van der Waals surface area (Å²) in [5.74, 6) is 0. The molecule has 0 spiro atoms. The van der Waals surface area contributed by atoms with Crippen LogP contribution in [-0.4, -0.2) is 23.4 Å². The van der Waals surface area contributed by atoms with E-state index in [0.29, 0.717) is 0 Å². The largest absolute Gasteiger partial charge is 0.394 e. The monoisotopic (exact) mass is 148 g/mol.